The van der Waals surface area contributed by atoms with Crippen LogP contribution in [-0.4, -0.2) is 30.7 Å². The number of anilines is 1. The fraction of sp³-hybridized carbons (Fsp3) is 0.625. The predicted octanol–water partition coefficient (Wildman–Crippen LogP) is 2.91. The van der Waals surface area contributed by atoms with Crippen LogP contribution in [0.3, 0.4) is 0 Å². The summed E-state index contributed by atoms with van der Waals surface area (Å²) in [6.45, 7) is 8.54. The van der Waals surface area contributed by atoms with Gasteiger partial charge < -0.3 is 10.5 Å². The second-order valence-corrected chi connectivity index (χ2v) is 5.95. The molecule has 2 N–H and O–H groups in total. The minimum Gasteiger partial charge on any atom is -0.399 e. The standard InChI is InChI=1S/C16H26N2O/c1-13(2)12-19-16-6-8-18(9-7-16)11-14-4-3-5-15(17)10-14/h3-5,10,13,16H,6-9,11-12,17H2,1-2H3. The van der Waals surface area contributed by atoms with Crippen LogP contribution in [0.2, 0.25) is 0 Å². The van der Waals surface area contributed by atoms with Gasteiger partial charge in [-0.2, -0.15) is 0 Å². The van der Waals surface area contributed by atoms with Crippen LogP contribution in [0.1, 0.15) is 32.3 Å². The van der Waals surface area contributed by atoms with E-state index < -0.39 is 0 Å². The van der Waals surface area contributed by atoms with Gasteiger partial charge in [-0.3, -0.25) is 4.90 Å². The molecule has 0 aromatic heterocycles. The first-order chi connectivity index (χ1) is 9.13. The van der Waals surface area contributed by atoms with Gasteiger partial charge in [0.05, 0.1) is 6.10 Å². The van der Waals surface area contributed by atoms with E-state index in [1.165, 1.54) is 5.56 Å². The second-order valence-electron chi connectivity index (χ2n) is 5.95. The molecule has 106 valence electrons. The molecular weight excluding hydrogens is 236 g/mol. The van der Waals surface area contributed by atoms with Crippen LogP contribution in [0.5, 0.6) is 0 Å². The molecule has 0 atom stereocenters. The minimum absolute atomic E-state index is 0.458. The Kier molecular flexibility index (Phi) is 5.23. The Morgan fingerprint density at radius 1 is 1.32 bits per heavy atom. The lowest BCUT2D eigenvalue weighted by molar-refractivity contribution is -0.00584. The van der Waals surface area contributed by atoms with E-state index >= 15 is 0 Å². The van der Waals surface area contributed by atoms with E-state index in [4.69, 9.17) is 10.5 Å². The molecule has 1 aromatic carbocycles. The summed E-state index contributed by atoms with van der Waals surface area (Å²) in [4.78, 5) is 2.49. The third kappa shape index (κ3) is 4.84. The Balaban J connectivity index is 1.74. The minimum atomic E-state index is 0.458. The number of hydrogen-bond acceptors (Lipinski definition) is 3. The molecule has 0 spiro atoms. The van der Waals surface area contributed by atoms with Crippen molar-refractivity contribution in [3.8, 4) is 0 Å². The molecule has 0 radical (unpaired) electrons. The molecule has 1 aliphatic heterocycles. The Labute approximate surface area is 116 Å². The lowest BCUT2D eigenvalue weighted by Crippen LogP contribution is -2.37. The number of benzene rings is 1. The SMILES string of the molecule is CC(C)COC1CCN(Cc2cccc(N)c2)CC1. The lowest BCUT2D eigenvalue weighted by atomic mass is 10.1. The Hall–Kier alpha value is -1.06. The average Bonchev–Trinajstić information content (AvgIpc) is 2.38. The van der Waals surface area contributed by atoms with Gasteiger partial charge in [0.1, 0.15) is 0 Å². The van der Waals surface area contributed by atoms with E-state index in [1.54, 1.807) is 0 Å². The van der Waals surface area contributed by atoms with E-state index in [0.29, 0.717) is 12.0 Å². The maximum atomic E-state index is 5.92. The molecule has 1 fully saturated rings. The van der Waals surface area contributed by atoms with Crippen LogP contribution in [0.4, 0.5) is 5.69 Å². The molecule has 1 aliphatic rings. The molecule has 1 heterocycles. The first kappa shape index (κ1) is 14.4. The number of hydrogen-bond donors (Lipinski definition) is 1. The summed E-state index contributed by atoms with van der Waals surface area (Å²) < 4.78 is 5.92. The monoisotopic (exact) mass is 262 g/mol. The van der Waals surface area contributed by atoms with Crippen molar-refractivity contribution >= 4 is 5.69 Å². The Bertz CT molecular complexity index is 384. The van der Waals surface area contributed by atoms with E-state index in [1.807, 2.05) is 12.1 Å². The lowest BCUT2D eigenvalue weighted by Gasteiger charge is -2.32. The van der Waals surface area contributed by atoms with Crippen molar-refractivity contribution in [2.24, 2.45) is 5.92 Å². The number of nitrogens with two attached hydrogens (primary N) is 1. The van der Waals surface area contributed by atoms with Crippen molar-refractivity contribution in [2.75, 3.05) is 25.4 Å². The van der Waals surface area contributed by atoms with Crippen molar-refractivity contribution in [3.05, 3.63) is 29.8 Å². The highest BCUT2D eigenvalue weighted by molar-refractivity contribution is 5.40. The highest BCUT2D eigenvalue weighted by Crippen LogP contribution is 2.17. The summed E-state index contributed by atoms with van der Waals surface area (Å²) in [5.74, 6) is 0.630. The van der Waals surface area contributed by atoms with Gasteiger partial charge in [-0.15, -0.1) is 0 Å². The highest BCUT2D eigenvalue weighted by atomic mass is 16.5. The average molecular weight is 262 g/mol. The van der Waals surface area contributed by atoms with E-state index in [2.05, 4.69) is 30.9 Å². The number of nitrogens with zero attached hydrogens (tertiary/aromatic N) is 1. The molecule has 0 amide bonds. The molecule has 3 nitrogen and oxygen atoms in total. The summed E-state index contributed by atoms with van der Waals surface area (Å²) in [6, 6.07) is 8.19. The van der Waals surface area contributed by atoms with Gasteiger partial charge in [0, 0.05) is 31.9 Å². The molecule has 3 heteroatoms. The van der Waals surface area contributed by atoms with E-state index in [9.17, 15) is 0 Å². The molecule has 1 saturated heterocycles. The van der Waals surface area contributed by atoms with Crippen molar-refractivity contribution < 1.29 is 4.74 Å². The van der Waals surface area contributed by atoms with Crippen LogP contribution in [0, 0.1) is 5.92 Å². The zero-order valence-corrected chi connectivity index (χ0v) is 12.1. The van der Waals surface area contributed by atoms with Gasteiger partial charge in [-0.25, -0.2) is 0 Å². The smallest absolute Gasteiger partial charge is 0.0599 e. The van der Waals surface area contributed by atoms with Crippen molar-refractivity contribution in [1.29, 1.82) is 0 Å². The zero-order chi connectivity index (χ0) is 13.7. The predicted molar refractivity (Wildman–Crippen MR) is 79.9 cm³/mol. The number of piperidine rings is 1. The normalized spacial score (nSPS) is 18.1. The van der Waals surface area contributed by atoms with Crippen molar-refractivity contribution in [2.45, 2.75) is 39.3 Å². The van der Waals surface area contributed by atoms with Crippen LogP contribution in [0.25, 0.3) is 0 Å². The Morgan fingerprint density at radius 3 is 2.68 bits per heavy atom. The largest absolute Gasteiger partial charge is 0.399 e. The van der Waals surface area contributed by atoms with Crippen molar-refractivity contribution in [3.63, 3.8) is 0 Å². The quantitative estimate of drug-likeness (QED) is 0.829. The van der Waals surface area contributed by atoms with Crippen LogP contribution >= 0.6 is 0 Å². The topological polar surface area (TPSA) is 38.5 Å². The molecule has 0 bridgehead atoms. The van der Waals surface area contributed by atoms with Gasteiger partial charge in [-0.1, -0.05) is 26.0 Å². The Morgan fingerprint density at radius 2 is 2.05 bits per heavy atom. The maximum absolute atomic E-state index is 5.92. The van der Waals surface area contributed by atoms with Gasteiger partial charge in [-0.05, 0) is 36.5 Å². The van der Waals surface area contributed by atoms with E-state index in [-0.39, 0.29) is 0 Å². The number of rotatable bonds is 5. The zero-order valence-electron chi connectivity index (χ0n) is 12.1. The number of nitrogen functional groups attached to an aromatic ring is 1. The summed E-state index contributed by atoms with van der Waals surface area (Å²) in [5, 5.41) is 0. The summed E-state index contributed by atoms with van der Waals surface area (Å²) >= 11 is 0. The molecule has 19 heavy (non-hydrogen) atoms. The van der Waals surface area contributed by atoms with Gasteiger partial charge in [0.2, 0.25) is 0 Å². The first-order valence-corrected chi connectivity index (χ1v) is 7.32. The molecular formula is C16H26N2O. The van der Waals surface area contributed by atoms with E-state index in [0.717, 1.165) is 44.8 Å². The fourth-order valence-electron chi connectivity index (χ4n) is 2.51. The summed E-state index contributed by atoms with van der Waals surface area (Å²) in [7, 11) is 0. The van der Waals surface area contributed by atoms with Gasteiger partial charge in [0.15, 0.2) is 0 Å². The van der Waals surface area contributed by atoms with Crippen LogP contribution in [-0.2, 0) is 11.3 Å². The van der Waals surface area contributed by atoms with Crippen LogP contribution < -0.4 is 5.73 Å². The third-order valence-corrected chi connectivity index (χ3v) is 3.56. The molecule has 0 aliphatic carbocycles. The van der Waals surface area contributed by atoms with Crippen LogP contribution in [0.15, 0.2) is 24.3 Å². The molecule has 0 unspecified atom stereocenters. The fourth-order valence-corrected chi connectivity index (χ4v) is 2.51. The number of likely N-dealkylation sites (tertiary alicyclic amines) is 1. The highest BCUT2D eigenvalue weighted by Gasteiger charge is 2.19. The molecule has 0 saturated carbocycles. The molecule has 1 aromatic rings. The first-order valence-electron chi connectivity index (χ1n) is 7.32. The van der Waals surface area contributed by atoms with Gasteiger partial charge >= 0.3 is 0 Å². The summed E-state index contributed by atoms with van der Waals surface area (Å²) in [5.41, 5.74) is 7.98. The number of ether oxygens (including phenoxy) is 1. The third-order valence-electron chi connectivity index (χ3n) is 3.56. The van der Waals surface area contributed by atoms with Gasteiger partial charge in [0.25, 0.3) is 0 Å². The summed E-state index contributed by atoms with van der Waals surface area (Å²) in [6.07, 6.45) is 2.75. The second kappa shape index (κ2) is 6.92. The van der Waals surface area contributed by atoms with Crippen molar-refractivity contribution in [1.82, 2.24) is 4.90 Å². The maximum Gasteiger partial charge on any atom is 0.0599 e. The molecule has 2 rings (SSSR count).